The lowest BCUT2D eigenvalue weighted by molar-refractivity contribution is -0.122. The van der Waals surface area contributed by atoms with Crippen LogP contribution in [0, 0.1) is 12.8 Å². The van der Waals surface area contributed by atoms with E-state index in [-0.39, 0.29) is 11.8 Å². The molecule has 22 heavy (non-hydrogen) atoms. The molecule has 1 aliphatic carbocycles. The van der Waals surface area contributed by atoms with Gasteiger partial charge in [-0.2, -0.15) is 0 Å². The van der Waals surface area contributed by atoms with Crippen molar-refractivity contribution in [2.45, 2.75) is 26.2 Å². The molecule has 1 amide bonds. The van der Waals surface area contributed by atoms with Gasteiger partial charge >= 0.3 is 0 Å². The van der Waals surface area contributed by atoms with E-state index >= 15 is 0 Å². The summed E-state index contributed by atoms with van der Waals surface area (Å²) in [4.78, 5) is 11.8. The standard InChI is InChI=1S/C16H17ClN4O/c1-10-12(17)6-3-7-13(10)18-14-8-9-15(21-20-14)19-16(22)11-4-2-5-11/h3,6-9,11H,2,4-5H2,1H3,(H,18,20)(H,19,21,22). The number of aromatic nitrogens is 2. The average Bonchev–Trinajstić information content (AvgIpc) is 2.44. The van der Waals surface area contributed by atoms with Crippen molar-refractivity contribution < 1.29 is 4.79 Å². The third kappa shape index (κ3) is 3.20. The summed E-state index contributed by atoms with van der Waals surface area (Å²) < 4.78 is 0. The molecule has 0 radical (unpaired) electrons. The van der Waals surface area contributed by atoms with Gasteiger partial charge in [-0.1, -0.05) is 24.1 Å². The Bertz CT molecular complexity index is 683. The third-order valence-corrected chi connectivity index (χ3v) is 4.33. The van der Waals surface area contributed by atoms with E-state index < -0.39 is 0 Å². The van der Waals surface area contributed by atoms with E-state index in [0.717, 1.165) is 30.5 Å². The van der Waals surface area contributed by atoms with Crippen LogP contribution in [-0.2, 0) is 4.79 Å². The number of hydrogen-bond acceptors (Lipinski definition) is 4. The van der Waals surface area contributed by atoms with E-state index in [4.69, 9.17) is 11.6 Å². The fourth-order valence-corrected chi connectivity index (χ4v) is 2.42. The Hall–Kier alpha value is -2.14. The van der Waals surface area contributed by atoms with Crippen molar-refractivity contribution in [3.8, 4) is 0 Å². The van der Waals surface area contributed by atoms with Crippen molar-refractivity contribution in [1.82, 2.24) is 10.2 Å². The van der Waals surface area contributed by atoms with Crippen LogP contribution in [0.3, 0.4) is 0 Å². The molecule has 0 spiro atoms. The summed E-state index contributed by atoms with van der Waals surface area (Å²) in [5.41, 5.74) is 1.83. The van der Waals surface area contributed by atoms with Crippen molar-refractivity contribution in [2.24, 2.45) is 5.92 Å². The van der Waals surface area contributed by atoms with Crippen LogP contribution in [0.4, 0.5) is 17.3 Å². The molecule has 6 heteroatoms. The summed E-state index contributed by atoms with van der Waals surface area (Å²) in [6.45, 7) is 1.94. The summed E-state index contributed by atoms with van der Waals surface area (Å²) in [6, 6.07) is 9.16. The van der Waals surface area contributed by atoms with Crippen LogP contribution in [0.5, 0.6) is 0 Å². The summed E-state index contributed by atoms with van der Waals surface area (Å²) in [7, 11) is 0. The Morgan fingerprint density at radius 3 is 2.55 bits per heavy atom. The van der Waals surface area contributed by atoms with Gasteiger partial charge in [0.25, 0.3) is 0 Å². The lowest BCUT2D eigenvalue weighted by Gasteiger charge is -2.23. The molecule has 1 aromatic heterocycles. The van der Waals surface area contributed by atoms with E-state index in [2.05, 4.69) is 20.8 Å². The Kier molecular flexibility index (Phi) is 4.24. The zero-order chi connectivity index (χ0) is 15.5. The highest BCUT2D eigenvalue weighted by molar-refractivity contribution is 6.31. The number of nitrogens with one attached hydrogen (secondary N) is 2. The first-order valence-corrected chi connectivity index (χ1v) is 7.68. The predicted octanol–water partition coefficient (Wildman–Crippen LogP) is 3.92. The lowest BCUT2D eigenvalue weighted by Crippen LogP contribution is -2.28. The molecular weight excluding hydrogens is 300 g/mol. The average molecular weight is 317 g/mol. The number of rotatable bonds is 4. The molecule has 5 nitrogen and oxygen atoms in total. The monoisotopic (exact) mass is 316 g/mol. The molecular formula is C16H17ClN4O. The second-order valence-electron chi connectivity index (χ2n) is 5.46. The number of nitrogens with zero attached hydrogens (tertiary/aromatic N) is 2. The highest BCUT2D eigenvalue weighted by Gasteiger charge is 2.25. The summed E-state index contributed by atoms with van der Waals surface area (Å²) in [5.74, 6) is 1.25. The predicted molar refractivity (Wildman–Crippen MR) is 87.5 cm³/mol. The Labute approximate surface area is 134 Å². The molecule has 0 atom stereocenters. The van der Waals surface area contributed by atoms with Gasteiger partial charge in [0.15, 0.2) is 11.6 Å². The van der Waals surface area contributed by atoms with Crippen LogP contribution in [-0.4, -0.2) is 16.1 Å². The largest absolute Gasteiger partial charge is 0.338 e. The Morgan fingerprint density at radius 2 is 1.91 bits per heavy atom. The van der Waals surface area contributed by atoms with E-state index in [0.29, 0.717) is 16.7 Å². The number of hydrogen-bond donors (Lipinski definition) is 2. The van der Waals surface area contributed by atoms with Crippen molar-refractivity contribution >= 4 is 34.8 Å². The van der Waals surface area contributed by atoms with Gasteiger partial charge in [0.2, 0.25) is 5.91 Å². The molecule has 0 saturated heterocycles. The van der Waals surface area contributed by atoms with Crippen LogP contribution in [0.25, 0.3) is 0 Å². The molecule has 0 aliphatic heterocycles. The van der Waals surface area contributed by atoms with E-state index in [9.17, 15) is 4.79 Å². The van der Waals surface area contributed by atoms with E-state index in [1.165, 1.54) is 0 Å². The van der Waals surface area contributed by atoms with Gasteiger partial charge in [0, 0.05) is 16.6 Å². The van der Waals surface area contributed by atoms with Crippen LogP contribution in [0.15, 0.2) is 30.3 Å². The molecule has 0 bridgehead atoms. The second-order valence-corrected chi connectivity index (χ2v) is 5.87. The SMILES string of the molecule is Cc1c(Cl)cccc1Nc1ccc(NC(=O)C2CCC2)nn1. The molecule has 3 rings (SSSR count). The first-order chi connectivity index (χ1) is 10.6. The molecule has 1 aromatic carbocycles. The minimum absolute atomic E-state index is 0.0342. The zero-order valence-electron chi connectivity index (χ0n) is 12.3. The van der Waals surface area contributed by atoms with E-state index in [1.807, 2.05) is 25.1 Å². The second kappa shape index (κ2) is 6.32. The molecule has 2 N–H and O–H groups in total. The van der Waals surface area contributed by atoms with Crippen LogP contribution >= 0.6 is 11.6 Å². The number of carbonyl (C=O) groups excluding carboxylic acids is 1. The Balaban J connectivity index is 1.66. The first-order valence-electron chi connectivity index (χ1n) is 7.30. The third-order valence-electron chi connectivity index (χ3n) is 3.92. The normalized spacial score (nSPS) is 14.3. The zero-order valence-corrected chi connectivity index (χ0v) is 13.0. The highest BCUT2D eigenvalue weighted by atomic mass is 35.5. The van der Waals surface area contributed by atoms with Gasteiger partial charge in [-0.15, -0.1) is 10.2 Å². The molecule has 1 heterocycles. The van der Waals surface area contributed by atoms with E-state index in [1.54, 1.807) is 12.1 Å². The highest BCUT2D eigenvalue weighted by Crippen LogP contribution is 2.28. The summed E-state index contributed by atoms with van der Waals surface area (Å²) in [5, 5.41) is 14.8. The first kappa shape index (κ1) is 14.8. The molecule has 2 aromatic rings. The molecule has 114 valence electrons. The molecule has 1 fully saturated rings. The minimum atomic E-state index is 0.0342. The number of anilines is 3. The maximum atomic E-state index is 11.8. The fourth-order valence-electron chi connectivity index (χ4n) is 2.25. The number of carbonyl (C=O) groups is 1. The number of amides is 1. The topological polar surface area (TPSA) is 66.9 Å². The van der Waals surface area contributed by atoms with Gasteiger partial charge in [0.05, 0.1) is 0 Å². The molecule has 1 aliphatic rings. The lowest BCUT2D eigenvalue weighted by atomic mass is 9.85. The number of benzene rings is 1. The number of halogens is 1. The van der Waals surface area contributed by atoms with Gasteiger partial charge in [0.1, 0.15) is 0 Å². The quantitative estimate of drug-likeness (QED) is 0.897. The van der Waals surface area contributed by atoms with Crippen LogP contribution < -0.4 is 10.6 Å². The smallest absolute Gasteiger partial charge is 0.228 e. The van der Waals surface area contributed by atoms with Gasteiger partial charge in [-0.3, -0.25) is 4.79 Å². The maximum absolute atomic E-state index is 11.8. The van der Waals surface area contributed by atoms with Crippen molar-refractivity contribution in [3.05, 3.63) is 40.9 Å². The van der Waals surface area contributed by atoms with Crippen molar-refractivity contribution in [3.63, 3.8) is 0 Å². The maximum Gasteiger partial charge on any atom is 0.228 e. The van der Waals surface area contributed by atoms with Crippen LogP contribution in [0.2, 0.25) is 5.02 Å². The Morgan fingerprint density at radius 1 is 1.18 bits per heavy atom. The minimum Gasteiger partial charge on any atom is -0.338 e. The van der Waals surface area contributed by atoms with Gasteiger partial charge in [-0.05, 0) is 49.6 Å². The summed E-state index contributed by atoms with van der Waals surface area (Å²) >= 11 is 6.09. The molecule has 0 unspecified atom stereocenters. The van der Waals surface area contributed by atoms with Gasteiger partial charge in [-0.25, -0.2) is 0 Å². The fraction of sp³-hybridized carbons (Fsp3) is 0.312. The molecule has 1 saturated carbocycles. The van der Waals surface area contributed by atoms with Crippen LogP contribution in [0.1, 0.15) is 24.8 Å². The summed E-state index contributed by atoms with van der Waals surface area (Å²) in [6.07, 6.45) is 3.06. The van der Waals surface area contributed by atoms with Crippen molar-refractivity contribution in [1.29, 1.82) is 0 Å². The van der Waals surface area contributed by atoms with Crippen molar-refractivity contribution in [2.75, 3.05) is 10.6 Å². The van der Waals surface area contributed by atoms with Gasteiger partial charge < -0.3 is 10.6 Å².